The summed E-state index contributed by atoms with van der Waals surface area (Å²) in [7, 11) is 0. The molecule has 15 heavy (non-hydrogen) atoms. The van der Waals surface area contributed by atoms with Gasteiger partial charge in [0, 0.05) is 5.92 Å². The third kappa shape index (κ3) is 3.83. The first-order valence-corrected chi connectivity index (χ1v) is 5.64. The van der Waals surface area contributed by atoms with Crippen LogP contribution in [-0.4, -0.2) is 5.38 Å². The second-order valence-electron chi connectivity index (χ2n) is 4.34. The van der Waals surface area contributed by atoms with Crippen molar-refractivity contribution in [3.63, 3.8) is 0 Å². The van der Waals surface area contributed by atoms with E-state index >= 15 is 0 Å². The Kier molecular flexibility index (Phi) is 5.90. The molecule has 5 atom stereocenters. The van der Waals surface area contributed by atoms with Crippen LogP contribution in [0.2, 0.25) is 0 Å². The molecule has 0 heterocycles. The number of alkyl halides is 1. The van der Waals surface area contributed by atoms with E-state index in [9.17, 15) is 4.39 Å². The highest BCUT2D eigenvalue weighted by atomic mass is 35.5. The maximum absolute atomic E-state index is 12.9. The Balaban J connectivity index is 4.51. The molecule has 0 saturated carbocycles. The molecular weight excluding hydrogens is 213 g/mol. The predicted octanol–water partition coefficient (Wildman–Crippen LogP) is 4.14. The fraction of sp³-hybridized carbons (Fsp3) is 0.750. The molecule has 0 bridgehead atoms. The van der Waals surface area contributed by atoms with E-state index in [1.165, 1.54) is 0 Å². The molecule has 86 valence electrons. The van der Waals surface area contributed by atoms with Crippen LogP contribution in [0.5, 0.6) is 0 Å². The van der Waals surface area contributed by atoms with Crippen molar-refractivity contribution in [1.29, 1.82) is 5.26 Å². The first-order chi connectivity index (χ1) is 6.82. The van der Waals surface area contributed by atoms with Crippen molar-refractivity contribution in [3.8, 4) is 6.07 Å². The van der Waals surface area contributed by atoms with E-state index < -0.39 is 11.2 Å². The summed E-state index contributed by atoms with van der Waals surface area (Å²) in [6.45, 7) is 11.0. The van der Waals surface area contributed by atoms with E-state index in [1.807, 2.05) is 27.7 Å². The summed E-state index contributed by atoms with van der Waals surface area (Å²) >= 11 is 5.90. The summed E-state index contributed by atoms with van der Waals surface area (Å²) in [5.41, 5.74) is 0. The second kappa shape index (κ2) is 6.12. The molecule has 0 N–H and O–H groups in total. The topological polar surface area (TPSA) is 23.8 Å². The van der Waals surface area contributed by atoms with Crippen LogP contribution in [-0.2, 0) is 0 Å². The van der Waals surface area contributed by atoms with E-state index in [0.717, 1.165) is 0 Å². The maximum Gasteiger partial charge on any atom is 0.111 e. The Labute approximate surface area is 96.9 Å². The minimum atomic E-state index is -0.659. The molecule has 0 aromatic carbocycles. The standard InChI is InChI=1S/C12H19ClFN/c1-7(6-15)8(2)9(3)10(4)12(13)11(5)14/h7-10,12H,5H2,1-4H3/t7-,8+,9-,10+,12?/m1/s1. The molecular formula is C12H19ClFN. The third-order valence-electron chi connectivity index (χ3n) is 3.41. The fourth-order valence-electron chi connectivity index (χ4n) is 1.60. The smallest absolute Gasteiger partial charge is 0.111 e. The molecule has 0 amide bonds. The maximum atomic E-state index is 12.9. The first-order valence-electron chi connectivity index (χ1n) is 5.20. The van der Waals surface area contributed by atoms with Crippen molar-refractivity contribution in [3.05, 3.63) is 12.4 Å². The average Bonchev–Trinajstić information content (AvgIpc) is 2.23. The zero-order valence-corrected chi connectivity index (χ0v) is 10.6. The Morgan fingerprint density at radius 3 is 2.00 bits per heavy atom. The summed E-state index contributed by atoms with van der Waals surface area (Å²) in [6, 6.07) is 2.21. The summed E-state index contributed by atoms with van der Waals surface area (Å²) in [5, 5.41) is 8.15. The molecule has 0 saturated heterocycles. The highest BCUT2D eigenvalue weighted by Gasteiger charge is 2.29. The molecule has 0 radical (unpaired) electrons. The van der Waals surface area contributed by atoms with E-state index in [-0.39, 0.29) is 23.7 Å². The SMILES string of the molecule is C=C(F)C(Cl)[C@@H](C)[C@H](C)[C@@H](C)[C@H](C)C#N. The van der Waals surface area contributed by atoms with Gasteiger partial charge in [0.1, 0.15) is 5.83 Å². The normalized spacial score (nSPS) is 20.9. The van der Waals surface area contributed by atoms with Crippen molar-refractivity contribution in [2.24, 2.45) is 23.7 Å². The summed E-state index contributed by atoms with van der Waals surface area (Å²) in [4.78, 5) is 0. The van der Waals surface area contributed by atoms with Crippen molar-refractivity contribution < 1.29 is 4.39 Å². The molecule has 0 aliphatic rings. The predicted molar refractivity (Wildman–Crippen MR) is 62.2 cm³/mol. The fourth-order valence-corrected chi connectivity index (χ4v) is 1.83. The molecule has 1 nitrogen and oxygen atoms in total. The van der Waals surface area contributed by atoms with Crippen molar-refractivity contribution in [1.82, 2.24) is 0 Å². The van der Waals surface area contributed by atoms with Gasteiger partial charge < -0.3 is 0 Å². The van der Waals surface area contributed by atoms with Crippen LogP contribution in [0.25, 0.3) is 0 Å². The van der Waals surface area contributed by atoms with Crippen molar-refractivity contribution >= 4 is 11.6 Å². The van der Waals surface area contributed by atoms with Crippen LogP contribution < -0.4 is 0 Å². The van der Waals surface area contributed by atoms with Crippen LogP contribution in [0.4, 0.5) is 4.39 Å². The Morgan fingerprint density at radius 2 is 1.67 bits per heavy atom. The van der Waals surface area contributed by atoms with Gasteiger partial charge in [-0.1, -0.05) is 27.4 Å². The van der Waals surface area contributed by atoms with Gasteiger partial charge >= 0.3 is 0 Å². The monoisotopic (exact) mass is 231 g/mol. The number of halogens is 2. The van der Waals surface area contributed by atoms with Crippen molar-refractivity contribution in [2.45, 2.75) is 33.1 Å². The average molecular weight is 232 g/mol. The number of nitrogens with zero attached hydrogens (tertiary/aromatic N) is 1. The van der Waals surface area contributed by atoms with Gasteiger partial charge in [-0.05, 0) is 24.7 Å². The molecule has 0 fully saturated rings. The summed E-state index contributed by atoms with van der Waals surface area (Å²) in [6.07, 6.45) is 0. The molecule has 0 aromatic heterocycles. The molecule has 0 spiro atoms. The molecule has 0 aliphatic carbocycles. The Hall–Kier alpha value is -0.550. The minimum absolute atomic E-state index is 0.0185. The van der Waals surface area contributed by atoms with Gasteiger partial charge in [-0.15, -0.1) is 11.6 Å². The minimum Gasteiger partial charge on any atom is -0.211 e. The lowest BCUT2D eigenvalue weighted by molar-refractivity contribution is 0.236. The summed E-state index contributed by atoms with van der Waals surface area (Å²) < 4.78 is 12.9. The largest absolute Gasteiger partial charge is 0.211 e. The van der Waals surface area contributed by atoms with Gasteiger partial charge in [-0.2, -0.15) is 5.26 Å². The van der Waals surface area contributed by atoms with Crippen LogP contribution in [0.1, 0.15) is 27.7 Å². The van der Waals surface area contributed by atoms with E-state index in [2.05, 4.69) is 12.6 Å². The number of hydrogen-bond donors (Lipinski definition) is 0. The number of nitriles is 1. The first kappa shape index (κ1) is 14.5. The lowest BCUT2D eigenvalue weighted by atomic mass is 9.77. The third-order valence-corrected chi connectivity index (χ3v) is 4.05. The van der Waals surface area contributed by atoms with Gasteiger partial charge in [0.05, 0.1) is 11.4 Å². The number of hydrogen-bond acceptors (Lipinski definition) is 1. The van der Waals surface area contributed by atoms with Crippen LogP contribution >= 0.6 is 11.6 Å². The van der Waals surface area contributed by atoms with E-state index in [1.54, 1.807) is 0 Å². The lowest BCUT2D eigenvalue weighted by Gasteiger charge is -2.29. The molecule has 0 aromatic rings. The molecule has 0 aliphatic heterocycles. The van der Waals surface area contributed by atoms with Crippen LogP contribution in [0.3, 0.4) is 0 Å². The highest BCUT2D eigenvalue weighted by molar-refractivity contribution is 6.22. The summed E-state index contributed by atoms with van der Waals surface area (Å²) in [5.74, 6) is -0.165. The van der Waals surface area contributed by atoms with Gasteiger partial charge in [0.2, 0.25) is 0 Å². The highest BCUT2D eigenvalue weighted by Crippen LogP contribution is 2.33. The van der Waals surface area contributed by atoms with E-state index in [0.29, 0.717) is 0 Å². The number of rotatable bonds is 5. The Bertz CT molecular complexity index is 259. The van der Waals surface area contributed by atoms with Crippen molar-refractivity contribution in [2.75, 3.05) is 0 Å². The quantitative estimate of drug-likeness (QED) is 0.653. The zero-order chi connectivity index (χ0) is 12.2. The zero-order valence-electron chi connectivity index (χ0n) is 9.80. The molecule has 1 unspecified atom stereocenters. The Morgan fingerprint density at radius 1 is 1.20 bits per heavy atom. The van der Waals surface area contributed by atoms with Crippen LogP contribution in [0.15, 0.2) is 12.4 Å². The van der Waals surface area contributed by atoms with Gasteiger partial charge in [0.15, 0.2) is 0 Å². The lowest BCUT2D eigenvalue weighted by Crippen LogP contribution is -2.27. The number of allylic oxidation sites excluding steroid dienone is 1. The van der Waals surface area contributed by atoms with Crippen LogP contribution in [0, 0.1) is 35.0 Å². The van der Waals surface area contributed by atoms with Gasteiger partial charge in [-0.25, -0.2) is 4.39 Å². The molecule has 3 heteroatoms. The second-order valence-corrected chi connectivity index (χ2v) is 4.81. The van der Waals surface area contributed by atoms with Gasteiger partial charge in [-0.3, -0.25) is 0 Å². The van der Waals surface area contributed by atoms with E-state index in [4.69, 9.17) is 16.9 Å². The van der Waals surface area contributed by atoms with Gasteiger partial charge in [0.25, 0.3) is 0 Å². The molecule has 0 rings (SSSR count).